The number of H-pyrrole nitrogens is 1. The molecule has 0 unspecified atom stereocenters. The van der Waals surface area contributed by atoms with E-state index < -0.39 is 26.8 Å². The molecule has 1 aliphatic rings. The molecular weight excluding hydrogens is 340 g/mol. The summed E-state index contributed by atoms with van der Waals surface area (Å²) in [6.07, 6.45) is 1.83. The summed E-state index contributed by atoms with van der Waals surface area (Å²) in [6, 6.07) is 0. The van der Waals surface area contributed by atoms with Crippen LogP contribution in [-0.4, -0.2) is 51.8 Å². The van der Waals surface area contributed by atoms with E-state index in [1.807, 2.05) is 0 Å². The maximum atomic E-state index is 11.8. The summed E-state index contributed by atoms with van der Waals surface area (Å²) in [7, 11) is -1.91. The van der Waals surface area contributed by atoms with Crippen LogP contribution in [0.1, 0.15) is 33.4 Å². The molecule has 8 nitrogen and oxygen atoms in total. The smallest absolute Gasteiger partial charge is 0.278 e. The van der Waals surface area contributed by atoms with E-state index in [1.54, 1.807) is 4.57 Å². The molecule has 2 aromatic heterocycles. The number of hydrogen-bond acceptors (Lipinski definition) is 6. The lowest BCUT2D eigenvalue weighted by Crippen LogP contribution is -2.43. The van der Waals surface area contributed by atoms with Gasteiger partial charge in [-0.2, -0.15) is 0 Å². The summed E-state index contributed by atoms with van der Waals surface area (Å²) in [5.74, 6) is 0. The summed E-state index contributed by atoms with van der Waals surface area (Å²) in [4.78, 5) is 22.5. The number of rotatable bonds is 4. The van der Waals surface area contributed by atoms with E-state index in [1.165, 1.54) is 12.7 Å². The van der Waals surface area contributed by atoms with Crippen molar-refractivity contribution in [3.63, 3.8) is 0 Å². The average molecular weight is 366 g/mol. The predicted octanol–water partition coefficient (Wildman–Crippen LogP) is 1.79. The summed E-state index contributed by atoms with van der Waals surface area (Å²) in [5, 5.41) is 10.5. The van der Waals surface area contributed by atoms with Crippen molar-refractivity contribution in [3.8, 4) is 0 Å². The van der Waals surface area contributed by atoms with E-state index in [4.69, 9.17) is 9.16 Å². The third kappa shape index (κ3) is 3.41. The van der Waals surface area contributed by atoms with Gasteiger partial charge in [0.2, 0.25) is 0 Å². The number of aromatic amines is 1. The van der Waals surface area contributed by atoms with Gasteiger partial charge in [-0.3, -0.25) is 9.36 Å². The number of hydrogen-bond donors (Lipinski definition) is 2. The number of aliphatic hydroxyl groups is 1. The van der Waals surface area contributed by atoms with Crippen LogP contribution in [0, 0.1) is 0 Å². The second kappa shape index (κ2) is 6.31. The maximum Gasteiger partial charge on any atom is 0.278 e. The minimum absolute atomic E-state index is 0.0987. The third-order valence-electron chi connectivity index (χ3n) is 5.29. The SMILES string of the molecule is CC(C)(C)[Si](C)(C)OC[C@@H]1O[C@H](n2cnc3c(=O)[nH]cnc32)C[C@H]1O. The van der Waals surface area contributed by atoms with E-state index in [0.717, 1.165) is 0 Å². The third-order valence-corrected chi connectivity index (χ3v) is 9.79. The highest BCUT2D eigenvalue weighted by Crippen LogP contribution is 2.38. The molecule has 2 N–H and O–H groups in total. The maximum absolute atomic E-state index is 11.8. The summed E-state index contributed by atoms with van der Waals surface area (Å²) >= 11 is 0. The van der Waals surface area contributed by atoms with Crippen LogP contribution in [0.2, 0.25) is 18.1 Å². The number of nitrogens with zero attached hydrogens (tertiary/aromatic N) is 3. The highest BCUT2D eigenvalue weighted by atomic mass is 28.4. The van der Waals surface area contributed by atoms with Crippen LogP contribution >= 0.6 is 0 Å². The minimum Gasteiger partial charge on any atom is -0.414 e. The van der Waals surface area contributed by atoms with E-state index in [0.29, 0.717) is 18.7 Å². The quantitative estimate of drug-likeness (QED) is 0.800. The molecule has 1 saturated heterocycles. The Balaban J connectivity index is 1.73. The highest BCUT2D eigenvalue weighted by Gasteiger charge is 2.41. The van der Waals surface area contributed by atoms with Gasteiger partial charge in [0.1, 0.15) is 12.3 Å². The molecule has 3 atom stereocenters. The lowest BCUT2D eigenvalue weighted by Gasteiger charge is -2.37. The molecule has 0 amide bonds. The molecule has 0 aromatic carbocycles. The Morgan fingerprint density at radius 2 is 2.16 bits per heavy atom. The molecule has 0 aliphatic carbocycles. The Kier molecular flexibility index (Phi) is 4.61. The molecule has 0 saturated carbocycles. The molecule has 25 heavy (non-hydrogen) atoms. The van der Waals surface area contributed by atoms with Crippen LogP contribution in [0.5, 0.6) is 0 Å². The van der Waals surface area contributed by atoms with E-state index in [9.17, 15) is 9.90 Å². The van der Waals surface area contributed by atoms with Gasteiger partial charge < -0.3 is 19.3 Å². The first kappa shape index (κ1) is 18.2. The van der Waals surface area contributed by atoms with Gasteiger partial charge in [-0.15, -0.1) is 0 Å². The average Bonchev–Trinajstić information content (AvgIpc) is 3.08. The number of aromatic nitrogens is 4. The normalized spacial score (nSPS) is 25.0. The molecule has 1 fully saturated rings. The Hall–Kier alpha value is -1.55. The fourth-order valence-electron chi connectivity index (χ4n) is 2.62. The summed E-state index contributed by atoms with van der Waals surface area (Å²) < 4.78 is 13.9. The monoisotopic (exact) mass is 366 g/mol. The van der Waals surface area contributed by atoms with Crippen LogP contribution < -0.4 is 5.56 Å². The van der Waals surface area contributed by atoms with Crippen LogP contribution in [0.3, 0.4) is 0 Å². The summed E-state index contributed by atoms with van der Waals surface area (Å²) in [5.41, 5.74) is 0.425. The number of imidazole rings is 1. The molecule has 138 valence electrons. The van der Waals surface area contributed by atoms with Gasteiger partial charge in [0.15, 0.2) is 19.5 Å². The van der Waals surface area contributed by atoms with Gasteiger partial charge in [0.25, 0.3) is 5.56 Å². The largest absolute Gasteiger partial charge is 0.414 e. The van der Waals surface area contributed by atoms with Crippen molar-refractivity contribution in [3.05, 3.63) is 23.0 Å². The van der Waals surface area contributed by atoms with Crippen molar-refractivity contribution in [1.29, 1.82) is 0 Å². The number of fused-ring (bicyclic) bond motifs is 1. The number of nitrogens with one attached hydrogen (secondary N) is 1. The molecule has 9 heteroatoms. The zero-order valence-electron chi connectivity index (χ0n) is 15.3. The van der Waals surface area contributed by atoms with Gasteiger partial charge >= 0.3 is 0 Å². The second-order valence-corrected chi connectivity index (χ2v) is 12.9. The molecule has 0 radical (unpaired) electrons. The van der Waals surface area contributed by atoms with E-state index in [2.05, 4.69) is 48.8 Å². The van der Waals surface area contributed by atoms with E-state index in [-0.39, 0.29) is 16.1 Å². The summed E-state index contributed by atoms with van der Waals surface area (Å²) in [6.45, 7) is 11.2. The predicted molar refractivity (Wildman–Crippen MR) is 95.8 cm³/mol. The van der Waals surface area contributed by atoms with Gasteiger partial charge in [0, 0.05) is 6.42 Å². The molecule has 3 rings (SSSR count). The molecule has 0 bridgehead atoms. The Bertz CT molecular complexity index is 810. The molecule has 1 aliphatic heterocycles. The van der Waals surface area contributed by atoms with Gasteiger partial charge in [0.05, 0.1) is 25.4 Å². The first-order valence-corrected chi connectivity index (χ1v) is 11.4. The zero-order valence-corrected chi connectivity index (χ0v) is 16.3. The van der Waals surface area contributed by atoms with Crippen molar-refractivity contribution in [2.75, 3.05) is 6.61 Å². The van der Waals surface area contributed by atoms with Crippen molar-refractivity contribution in [1.82, 2.24) is 19.5 Å². The lowest BCUT2D eigenvalue weighted by atomic mass is 10.2. The van der Waals surface area contributed by atoms with Crippen LogP contribution in [0.25, 0.3) is 11.2 Å². The Morgan fingerprint density at radius 3 is 2.84 bits per heavy atom. The zero-order chi connectivity index (χ0) is 18.4. The van der Waals surface area contributed by atoms with Crippen molar-refractivity contribution in [2.24, 2.45) is 0 Å². The lowest BCUT2D eigenvalue weighted by molar-refractivity contribution is -0.0405. The molecule has 0 spiro atoms. The first-order valence-electron chi connectivity index (χ1n) is 8.48. The topological polar surface area (TPSA) is 102 Å². The Morgan fingerprint density at radius 1 is 1.44 bits per heavy atom. The van der Waals surface area contributed by atoms with Crippen LogP contribution in [0.4, 0.5) is 0 Å². The fourth-order valence-corrected chi connectivity index (χ4v) is 3.63. The van der Waals surface area contributed by atoms with Crippen LogP contribution in [-0.2, 0) is 9.16 Å². The molecule has 2 aromatic rings. The van der Waals surface area contributed by atoms with Gasteiger partial charge in [-0.25, -0.2) is 9.97 Å². The second-order valence-electron chi connectivity index (χ2n) is 8.06. The standard InChI is InChI=1S/C16H26N4O4Si/c1-16(2,3)25(4,5)23-7-11-10(21)6-12(24-11)20-9-19-13-14(20)17-8-18-15(13)22/h8-12,21H,6-7H2,1-5H3,(H,17,18,22)/t10-,11+,12+/m1/s1. The first-order chi connectivity index (χ1) is 11.6. The fraction of sp³-hybridized carbons (Fsp3) is 0.688. The number of ether oxygens (including phenoxy) is 1. The molecular formula is C16H26N4O4Si. The van der Waals surface area contributed by atoms with Crippen molar-refractivity contribution < 1.29 is 14.3 Å². The molecule has 3 heterocycles. The highest BCUT2D eigenvalue weighted by molar-refractivity contribution is 6.74. The van der Waals surface area contributed by atoms with Gasteiger partial charge in [-0.1, -0.05) is 20.8 Å². The number of aliphatic hydroxyl groups excluding tert-OH is 1. The van der Waals surface area contributed by atoms with Gasteiger partial charge in [-0.05, 0) is 18.1 Å². The van der Waals surface area contributed by atoms with Crippen molar-refractivity contribution >= 4 is 19.5 Å². The van der Waals surface area contributed by atoms with E-state index >= 15 is 0 Å². The van der Waals surface area contributed by atoms with Crippen molar-refractivity contribution in [2.45, 2.75) is 63.8 Å². The Labute approximate surface area is 147 Å². The minimum atomic E-state index is -1.91. The van der Waals surface area contributed by atoms with Crippen LogP contribution in [0.15, 0.2) is 17.4 Å².